The minimum Gasteiger partial charge on any atom is -0.455 e. The third kappa shape index (κ3) is 2.30. The van der Waals surface area contributed by atoms with Crippen molar-refractivity contribution in [3.8, 4) is 11.3 Å². The van der Waals surface area contributed by atoms with Crippen molar-refractivity contribution in [3.05, 3.63) is 53.3 Å². The Hall–Kier alpha value is -2.82. The van der Waals surface area contributed by atoms with Crippen LogP contribution in [0.5, 0.6) is 0 Å². The van der Waals surface area contributed by atoms with Gasteiger partial charge in [0.05, 0.1) is 5.56 Å². The normalized spacial score (nSPS) is 20.7. The average molecular weight is 350 g/mol. The number of furan rings is 1. The van der Waals surface area contributed by atoms with Crippen molar-refractivity contribution in [1.82, 2.24) is 5.32 Å². The summed E-state index contributed by atoms with van der Waals surface area (Å²) >= 11 is 0. The molecular formula is C21H19FN2O2. The van der Waals surface area contributed by atoms with Crippen molar-refractivity contribution >= 4 is 22.6 Å². The lowest BCUT2D eigenvalue weighted by Crippen LogP contribution is -2.18. The van der Waals surface area contributed by atoms with Crippen LogP contribution in [0.1, 0.15) is 34.7 Å². The number of rotatable bonds is 2. The first-order valence-electron chi connectivity index (χ1n) is 8.98. The fourth-order valence-corrected chi connectivity index (χ4v) is 4.11. The smallest absolute Gasteiger partial charge is 0.255 e. The predicted molar refractivity (Wildman–Crippen MR) is 99.0 cm³/mol. The number of anilines is 1. The first-order chi connectivity index (χ1) is 12.7. The molecule has 1 aromatic heterocycles. The molecule has 1 saturated carbocycles. The molecule has 2 atom stereocenters. The lowest BCUT2D eigenvalue weighted by atomic mass is 10.00. The van der Waals surface area contributed by atoms with Gasteiger partial charge in [0.15, 0.2) is 0 Å². The highest BCUT2D eigenvalue weighted by Crippen LogP contribution is 2.54. The van der Waals surface area contributed by atoms with Crippen LogP contribution in [-0.4, -0.2) is 19.5 Å². The molecule has 4 nitrogen and oxygen atoms in total. The standard InChI is InChI=1S/C21H19FN2O2/c1-23-21(25)19-16-9-15-14-8-12(14)6-7-24-17(15)10-18(16)26-20(19)11-2-4-13(22)5-3-11/h2-5,9-10,12,14,24H,6-8H2,1H3,(H,23,25)/t12-,14+/m0/s1. The van der Waals surface area contributed by atoms with Gasteiger partial charge in [0.1, 0.15) is 17.2 Å². The summed E-state index contributed by atoms with van der Waals surface area (Å²) in [6.07, 6.45) is 2.40. The largest absolute Gasteiger partial charge is 0.455 e. The van der Waals surface area contributed by atoms with Crippen LogP contribution in [0.4, 0.5) is 10.1 Å². The summed E-state index contributed by atoms with van der Waals surface area (Å²) < 4.78 is 19.4. The second kappa shape index (κ2) is 5.59. The monoisotopic (exact) mass is 350 g/mol. The Balaban J connectivity index is 1.75. The van der Waals surface area contributed by atoms with Gasteiger partial charge in [-0.15, -0.1) is 0 Å². The zero-order valence-electron chi connectivity index (χ0n) is 14.4. The molecule has 1 amide bonds. The molecule has 1 aliphatic heterocycles. The predicted octanol–water partition coefficient (Wildman–Crippen LogP) is 4.52. The number of hydrogen-bond donors (Lipinski definition) is 2. The summed E-state index contributed by atoms with van der Waals surface area (Å²) in [5.74, 6) is 1.28. The van der Waals surface area contributed by atoms with Crippen LogP contribution < -0.4 is 10.6 Å². The van der Waals surface area contributed by atoms with Crippen LogP contribution in [0.3, 0.4) is 0 Å². The Morgan fingerprint density at radius 2 is 2.08 bits per heavy atom. The van der Waals surface area contributed by atoms with E-state index >= 15 is 0 Å². The maximum absolute atomic E-state index is 13.3. The van der Waals surface area contributed by atoms with Gasteiger partial charge in [-0.3, -0.25) is 4.79 Å². The van der Waals surface area contributed by atoms with Crippen molar-refractivity contribution in [2.75, 3.05) is 18.9 Å². The maximum Gasteiger partial charge on any atom is 0.255 e. The summed E-state index contributed by atoms with van der Waals surface area (Å²) in [5.41, 5.74) is 4.25. The highest BCUT2D eigenvalue weighted by molar-refractivity contribution is 6.11. The van der Waals surface area contributed by atoms with Crippen LogP contribution >= 0.6 is 0 Å². The number of amides is 1. The molecule has 2 N–H and O–H groups in total. The molecule has 3 aromatic rings. The number of benzene rings is 2. The Labute approximate surface area is 150 Å². The fraction of sp³-hybridized carbons (Fsp3) is 0.286. The van der Waals surface area contributed by atoms with Crippen molar-refractivity contribution in [1.29, 1.82) is 0 Å². The minimum atomic E-state index is -0.318. The number of halogens is 1. The van der Waals surface area contributed by atoms with E-state index in [4.69, 9.17) is 4.42 Å². The maximum atomic E-state index is 13.3. The highest BCUT2D eigenvalue weighted by Gasteiger charge is 2.41. The lowest BCUT2D eigenvalue weighted by molar-refractivity contribution is 0.0964. The van der Waals surface area contributed by atoms with E-state index in [9.17, 15) is 9.18 Å². The van der Waals surface area contributed by atoms with E-state index in [0.717, 1.165) is 23.5 Å². The van der Waals surface area contributed by atoms with Crippen molar-refractivity contribution in [2.24, 2.45) is 5.92 Å². The molecule has 5 rings (SSSR count). The van der Waals surface area contributed by atoms with Crippen LogP contribution in [0.25, 0.3) is 22.3 Å². The third-order valence-electron chi connectivity index (χ3n) is 5.57. The summed E-state index contributed by atoms with van der Waals surface area (Å²) in [4.78, 5) is 12.6. The van der Waals surface area contributed by atoms with E-state index in [2.05, 4.69) is 16.7 Å². The second-order valence-corrected chi connectivity index (χ2v) is 7.15. The average Bonchev–Trinajstić information content (AvgIpc) is 3.34. The molecule has 0 unspecified atom stereocenters. The lowest BCUT2D eigenvalue weighted by Gasteiger charge is -2.09. The molecule has 5 heteroatoms. The molecule has 0 saturated heterocycles. The van der Waals surface area contributed by atoms with E-state index in [-0.39, 0.29) is 11.7 Å². The molecule has 26 heavy (non-hydrogen) atoms. The molecule has 2 heterocycles. The summed E-state index contributed by atoms with van der Waals surface area (Å²) in [6.45, 7) is 0.966. The zero-order valence-corrected chi connectivity index (χ0v) is 14.4. The molecule has 0 bridgehead atoms. The molecular weight excluding hydrogens is 331 g/mol. The first-order valence-corrected chi connectivity index (χ1v) is 8.98. The van der Waals surface area contributed by atoms with Gasteiger partial charge in [-0.2, -0.15) is 0 Å². The van der Waals surface area contributed by atoms with Gasteiger partial charge in [0.2, 0.25) is 0 Å². The van der Waals surface area contributed by atoms with Crippen molar-refractivity contribution in [2.45, 2.75) is 18.8 Å². The van der Waals surface area contributed by atoms with Gasteiger partial charge in [-0.1, -0.05) is 0 Å². The molecule has 2 aliphatic rings. The van der Waals surface area contributed by atoms with Gasteiger partial charge < -0.3 is 15.1 Å². The summed E-state index contributed by atoms with van der Waals surface area (Å²) in [7, 11) is 1.61. The summed E-state index contributed by atoms with van der Waals surface area (Å²) in [6, 6.07) is 10.1. The van der Waals surface area contributed by atoms with E-state index in [1.165, 1.54) is 30.5 Å². The second-order valence-electron chi connectivity index (χ2n) is 7.15. The number of carbonyl (C=O) groups excluding carboxylic acids is 1. The van der Waals surface area contributed by atoms with Crippen LogP contribution in [0.2, 0.25) is 0 Å². The van der Waals surface area contributed by atoms with Crippen LogP contribution in [0, 0.1) is 11.7 Å². The SMILES string of the molecule is CNC(=O)c1c(-c2ccc(F)cc2)oc2cc3c(cc12)[C@@H]1C[C@@H]1CCN3. The van der Waals surface area contributed by atoms with Crippen LogP contribution in [-0.2, 0) is 0 Å². The first kappa shape index (κ1) is 15.4. The molecule has 1 fully saturated rings. The Kier molecular flexibility index (Phi) is 3.32. The van der Waals surface area contributed by atoms with Gasteiger partial charge in [0, 0.05) is 36.3 Å². The van der Waals surface area contributed by atoms with E-state index in [0.29, 0.717) is 28.4 Å². The zero-order chi connectivity index (χ0) is 17.8. The number of nitrogens with one attached hydrogen (secondary N) is 2. The van der Waals surface area contributed by atoms with Gasteiger partial charge in [-0.05, 0) is 60.6 Å². The van der Waals surface area contributed by atoms with Gasteiger partial charge in [-0.25, -0.2) is 4.39 Å². The van der Waals surface area contributed by atoms with Gasteiger partial charge in [0.25, 0.3) is 5.91 Å². The fourth-order valence-electron chi connectivity index (χ4n) is 4.11. The van der Waals surface area contributed by atoms with E-state index < -0.39 is 0 Å². The molecule has 2 aromatic carbocycles. The molecule has 132 valence electrons. The van der Waals surface area contributed by atoms with Gasteiger partial charge >= 0.3 is 0 Å². The summed E-state index contributed by atoms with van der Waals surface area (Å²) in [5, 5.41) is 7.01. The number of hydrogen-bond acceptors (Lipinski definition) is 3. The van der Waals surface area contributed by atoms with E-state index in [1.54, 1.807) is 19.2 Å². The Morgan fingerprint density at radius 1 is 1.27 bits per heavy atom. The Morgan fingerprint density at radius 3 is 2.85 bits per heavy atom. The topological polar surface area (TPSA) is 54.3 Å². The molecule has 0 spiro atoms. The third-order valence-corrected chi connectivity index (χ3v) is 5.57. The number of carbonyl (C=O) groups is 1. The van der Waals surface area contributed by atoms with Crippen molar-refractivity contribution < 1.29 is 13.6 Å². The molecule has 0 radical (unpaired) electrons. The van der Waals surface area contributed by atoms with Crippen molar-refractivity contribution in [3.63, 3.8) is 0 Å². The van der Waals surface area contributed by atoms with Crippen LogP contribution in [0.15, 0.2) is 40.8 Å². The Bertz CT molecular complexity index is 1020. The van der Waals surface area contributed by atoms with E-state index in [1.807, 2.05) is 6.07 Å². The molecule has 1 aliphatic carbocycles. The highest BCUT2D eigenvalue weighted by atomic mass is 19.1. The minimum absolute atomic E-state index is 0.197. The number of fused-ring (bicyclic) bond motifs is 4. The quantitative estimate of drug-likeness (QED) is 0.715.